The van der Waals surface area contributed by atoms with E-state index in [4.69, 9.17) is 11.6 Å². The van der Waals surface area contributed by atoms with Gasteiger partial charge in [-0.25, -0.2) is 9.69 Å². The summed E-state index contributed by atoms with van der Waals surface area (Å²) in [4.78, 5) is 38.9. The van der Waals surface area contributed by atoms with E-state index in [9.17, 15) is 14.4 Å². The molecule has 1 fully saturated rings. The summed E-state index contributed by atoms with van der Waals surface area (Å²) in [5.41, 5.74) is -0.650. The van der Waals surface area contributed by atoms with Crippen LogP contribution in [-0.2, 0) is 17.0 Å². The number of hydrogen-bond donors (Lipinski definition) is 1. The second-order valence-corrected chi connectivity index (χ2v) is 6.78. The van der Waals surface area contributed by atoms with E-state index in [2.05, 4.69) is 15.6 Å². The number of aromatic nitrogens is 3. The molecule has 0 spiro atoms. The van der Waals surface area contributed by atoms with Gasteiger partial charge < -0.3 is 5.32 Å². The number of imide groups is 1. The van der Waals surface area contributed by atoms with E-state index in [1.165, 1.54) is 0 Å². The zero-order valence-electron chi connectivity index (χ0n) is 14.2. The molecule has 1 aliphatic heterocycles. The molecule has 1 saturated heterocycles. The number of carbonyl (C=O) groups excluding carboxylic acids is 2. The minimum atomic E-state index is -1.25. The topological polar surface area (TPSA) is 97.2 Å². The molecule has 0 radical (unpaired) electrons. The van der Waals surface area contributed by atoms with Gasteiger partial charge in [0.25, 0.3) is 11.5 Å². The van der Waals surface area contributed by atoms with Crippen molar-refractivity contribution in [2.45, 2.75) is 19.1 Å². The van der Waals surface area contributed by atoms with Gasteiger partial charge >= 0.3 is 6.03 Å². The third-order valence-electron chi connectivity index (χ3n) is 4.60. The molecule has 1 N–H and O–H groups in total. The van der Waals surface area contributed by atoms with E-state index < -0.39 is 23.0 Å². The van der Waals surface area contributed by atoms with Crippen molar-refractivity contribution in [1.82, 2.24) is 25.2 Å². The number of nitrogens with zero attached hydrogens (tertiary/aromatic N) is 4. The lowest BCUT2D eigenvalue weighted by molar-refractivity contribution is -0.132. The van der Waals surface area contributed by atoms with Crippen molar-refractivity contribution in [2.75, 3.05) is 0 Å². The van der Waals surface area contributed by atoms with Crippen LogP contribution < -0.4 is 10.9 Å². The molecule has 136 valence electrons. The van der Waals surface area contributed by atoms with Gasteiger partial charge in [0.15, 0.2) is 0 Å². The third-order valence-corrected chi connectivity index (χ3v) is 4.85. The predicted octanol–water partition coefficient (Wildman–Crippen LogP) is 1.87. The highest BCUT2D eigenvalue weighted by molar-refractivity contribution is 6.30. The minimum absolute atomic E-state index is 0.329. The Morgan fingerprint density at radius 2 is 1.78 bits per heavy atom. The number of hydrogen-bond acceptors (Lipinski definition) is 5. The molecule has 8 nitrogen and oxygen atoms in total. The maximum absolute atomic E-state index is 12.9. The van der Waals surface area contributed by atoms with Crippen LogP contribution in [0.15, 0.2) is 53.3 Å². The predicted molar refractivity (Wildman–Crippen MR) is 98.0 cm³/mol. The minimum Gasteiger partial charge on any atom is -0.319 e. The van der Waals surface area contributed by atoms with Crippen molar-refractivity contribution in [3.8, 4) is 0 Å². The van der Waals surface area contributed by atoms with E-state index in [0.717, 1.165) is 9.58 Å². The van der Waals surface area contributed by atoms with Crippen molar-refractivity contribution < 1.29 is 9.59 Å². The Morgan fingerprint density at radius 3 is 2.52 bits per heavy atom. The van der Waals surface area contributed by atoms with Crippen LogP contribution in [0, 0.1) is 0 Å². The maximum Gasteiger partial charge on any atom is 0.326 e. The zero-order valence-corrected chi connectivity index (χ0v) is 15.0. The lowest BCUT2D eigenvalue weighted by Gasteiger charge is -2.22. The van der Waals surface area contributed by atoms with Crippen LogP contribution in [0.25, 0.3) is 10.9 Å². The van der Waals surface area contributed by atoms with E-state index in [1.54, 1.807) is 55.5 Å². The summed E-state index contributed by atoms with van der Waals surface area (Å²) in [5, 5.41) is 11.4. The van der Waals surface area contributed by atoms with Gasteiger partial charge in [0.2, 0.25) is 0 Å². The van der Waals surface area contributed by atoms with Crippen LogP contribution in [0.3, 0.4) is 0 Å². The fourth-order valence-electron chi connectivity index (χ4n) is 3.05. The highest BCUT2D eigenvalue weighted by atomic mass is 35.5. The fourth-order valence-corrected chi connectivity index (χ4v) is 3.18. The zero-order chi connectivity index (χ0) is 19.2. The lowest BCUT2D eigenvalue weighted by Crippen LogP contribution is -2.42. The number of benzene rings is 2. The van der Waals surface area contributed by atoms with Gasteiger partial charge in [-0.1, -0.05) is 41.1 Å². The SMILES string of the molecule is C[C@]1(c2ccc(Cl)cc2)NC(=O)N(Cn2nnc3ccccc3c2=O)C1=O. The summed E-state index contributed by atoms with van der Waals surface area (Å²) < 4.78 is 0.993. The summed E-state index contributed by atoms with van der Waals surface area (Å²) in [7, 11) is 0. The second kappa shape index (κ2) is 6.17. The van der Waals surface area contributed by atoms with Crippen LogP contribution in [0.2, 0.25) is 5.02 Å². The molecule has 1 atom stereocenters. The molecule has 27 heavy (non-hydrogen) atoms. The van der Waals surface area contributed by atoms with Gasteiger partial charge in [0, 0.05) is 5.02 Å². The molecule has 9 heteroatoms. The average molecular weight is 384 g/mol. The van der Waals surface area contributed by atoms with Gasteiger partial charge in [0.1, 0.15) is 17.7 Å². The smallest absolute Gasteiger partial charge is 0.319 e. The Morgan fingerprint density at radius 1 is 1.07 bits per heavy atom. The normalized spacial score (nSPS) is 19.6. The molecule has 3 aromatic rings. The van der Waals surface area contributed by atoms with Crippen LogP contribution in [-0.4, -0.2) is 31.8 Å². The first-order valence-electron chi connectivity index (χ1n) is 8.13. The Kier molecular flexibility index (Phi) is 3.92. The third kappa shape index (κ3) is 2.74. The standard InChI is InChI=1S/C18H14ClN5O3/c1-18(11-6-8-12(19)9-7-11)16(26)23(17(27)20-18)10-24-15(25)13-4-2-3-5-14(13)21-22-24/h2-9H,10H2,1H3,(H,20,27)/t18-/m1/s1. The largest absolute Gasteiger partial charge is 0.326 e. The van der Waals surface area contributed by atoms with Crippen molar-refractivity contribution in [3.05, 3.63) is 69.5 Å². The first kappa shape index (κ1) is 17.2. The van der Waals surface area contributed by atoms with E-state index >= 15 is 0 Å². The molecule has 0 bridgehead atoms. The molecular weight excluding hydrogens is 370 g/mol. The van der Waals surface area contributed by atoms with Crippen molar-refractivity contribution in [1.29, 1.82) is 0 Å². The monoisotopic (exact) mass is 383 g/mol. The van der Waals surface area contributed by atoms with E-state index in [0.29, 0.717) is 21.5 Å². The lowest BCUT2D eigenvalue weighted by atomic mass is 9.92. The first-order chi connectivity index (χ1) is 12.9. The molecule has 3 amide bonds. The van der Waals surface area contributed by atoms with Crippen molar-refractivity contribution >= 4 is 34.4 Å². The molecule has 1 aromatic heterocycles. The van der Waals surface area contributed by atoms with Crippen LogP contribution in [0.1, 0.15) is 12.5 Å². The van der Waals surface area contributed by atoms with Gasteiger partial charge in [-0.2, -0.15) is 4.68 Å². The summed E-state index contributed by atoms with van der Waals surface area (Å²) in [6.07, 6.45) is 0. The molecule has 2 heterocycles. The van der Waals surface area contributed by atoms with Crippen LogP contribution in [0.4, 0.5) is 4.79 Å². The Balaban J connectivity index is 1.68. The van der Waals surface area contributed by atoms with Crippen molar-refractivity contribution in [3.63, 3.8) is 0 Å². The maximum atomic E-state index is 12.9. The van der Waals surface area contributed by atoms with Gasteiger partial charge in [-0.3, -0.25) is 9.59 Å². The highest BCUT2D eigenvalue weighted by Crippen LogP contribution is 2.29. The number of rotatable bonds is 3. The summed E-state index contributed by atoms with van der Waals surface area (Å²) in [6.45, 7) is 1.27. The summed E-state index contributed by atoms with van der Waals surface area (Å²) in [6, 6.07) is 12.8. The average Bonchev–Trinajstić information content (AvgIpc) is 2.88. The Labute approximate surface area is 158 Å². The Bertz CT molecular complexity index is 1130. The molecule has 0 unspecified atom stereocenters. The van der Waals surface area contributed by atoms with Gasteiger partial charge in [-0.05, 0) is 36.8 Å². The number of halogens is 1. The molecule has 0 aliphatic carbocycles. The van der Waals surface area contributed by atoms with Crippen LogP contribution in [0.5, 0.6) is 0 Å². The van der Waals surface area contributed by atoms with Gasteiger partial charge in [-0.15, -0.1) is 5.10 Å². The van der Waals surface area contributed by atoms with Crippen molar-refractivity contribution in [2.24, 2.45) is 0 Å². The second-order valence-electron chi connectivity index (χ2n) is 6.35. The number of nitrogens with one attached hydrogen (secondary N) is 1. The van der Waals surface area contributed by atoms with E-state index in [-0.39, 0.29) is 6.67 Å². The number of urea groups is 1. The molecule has 4 rings (SSSR count). The molecule has 2 aromatic carbocycles. The summed E-state index contributed by atoms with van der Waals surface area (Å²) >= 11 is 5.89. The first-order valence-corrected chi connectivity index (χ1v) is 8.50. The van der Waals surface area contributed by atoms with Crippen LogP contribution >= 0.6 is 11.6 Å². The molecule has 1 aliphatic rings. The number of carbonyl (C=O) groups is 2. The van der Waals surface area contributed by atoms with E-state index in [1.807, 2.05) is 0 Å². The number of fused-ring (bicyclic) bond motifs is 1. The number of amides is 3. The van der Waals surface area contributed by atoms with Gasteiger partial charge in [0.05, 0.1) is 5.39 Å². The summed E-state index contributed by atoms with van der Waals surface area (Å²) in [5.74, 6) is -0.489. The quantitative estimate of drug-likeness (QED) is 0.696. The molecule has 0 saturated carbocycles. The highest BCUT2D eigenvalue weighted by Gasteiger charge is 2.49. The fraction of sp³-hybridized carbons (Fsp3) is 0.167. The Hall–Kier alpha value is -3.26. The molecular formula is C18H14ClN5O3.